The zero-order chi connectivity index (χ0) is 15.3. The molecule has 3 nitrogen and oxygen atoms in total. The van der Waals surface area contributed by atoms with E-state index in [2.05, 4.69) is 6.58 Å². The highest BCUT2D eigenvalue weighted by Gasteiger charge is 2.36. The first-order chi connectivity index (χ1) is 9.10. The lowest BCUT2D eigenvalue weighted by molar-refractivity contribution is 0.137. The van der Waals surface area contributed by atoms with Crippen molar-refractivity contribution in [2.24, 2.45) is 0 Å². The van der Waals surface area contributed by atoms with Crippen LogP contribution >= 0.6 is 0 Å². The van der Waals surface area contributed by atoms with Crippen LogP contribution in [-0.2, 0) is 16.3 Å². The summed E-state index contributed by atoms with van der Waals surface area (Å²) in [6.07, 6.45) is 2.18. The van der Waals surface area contributed by atoms with Gasteiger partial charge >= 0.3 is 0 Å². The predicted octanol–water partition coefficient (Wildman–Crippen LogP) is 3.29. The zero-order valence-corrected chi connectivity index (χ0v) is 13.6. The molecule has 1 aromatic carbocycles. The molecular weight excluding hydrogens is 272 g/mol. The summed E-state index contributed by atoms with van der Waals surface area (Å²) in [5.74, 6) is 0.833. The van der Waals surface area contributed by atoms with Crippen LogP contribution in [0.25, 0.3) is 0 Å². The Morgan fingerprint density at radius 1 is 1.20 bits per heavy atom. The van der Waals surface area contributed by atoms with Crippen LogP contribution in [-0.4, -0.2) is 19.8 Å². The van der Waals surface area contributed by atoms with Crippen LogP contribution in [0.2, 0.25) is 0 Å². The van der Waals surface area contributed by atoms with E-state index in [1.165, 1.54) is 6.08 Å². The maximum atomic E-state index is 12.5. The molecule has 0 N–H and O–H groups in total. The van der Waals surface area contributed by atoms with Gasteiger partial charge in [0.2, 0.25) is 0 Å². The van der Waals surface area contributed by atoms with Gasteiger partial charge in [-0.1, -0.05) is 6.08 Å². The summed E-state index contributed by atoms with van der Waals surface area (Å²) in [7, 11) is -3.33. The second kappa shape index (κ2) is 4.62. The molecule has 0 aliphatic carbocycles. The number of benzene rings is 1. The summed E-state index contributed by atoms with van der Waals surface area (Å²) in [4.78, 5) is 0.454. The van der Waals surface area contributed by atoms with Crippen LogP contribution in [0.1, 0.15) is 36.1 Å². The third kappa shape index (κ3) is 2.26. The smallest absolute Gasteiger partial charge is 0.182 e. The van der Waals surface area contributed by atoms with Crippen LogP contribution in [0.4, 0.5) is 0 Å². The third-order valence-corrected chi connectivity index (χ3v) is 5.85. The maximum absolute atomic E-state index is 12.5. The van der Waals surface area contributed by atoms with Gasteiger partial charge in [0.1, 0.15) is 11.4 Å². The number of hydrogen-bond acceptors (Lipinski definition) is 3. The Bertz CT molecular complexity index is 682. The van der Waals surface area contributed by atoms with E-state index in [1.54, 1.807) is 0 Å². The molecule has 4 heteroatoms. The van der Waals surface area contributed by atoms with E-state index in [-0.39, 0.29) is 11.4 Å². The first-order valence-corrected chi connectivity index (χ1v) is 8.41. The van der Waals surface area contributed by atoms with E-state index in [4.69, 9.17) is 4.74 Å². The third-order valence-electron chi connectivity index (χ3n) is 3.94. The fraction of sp³-hybridized carbons (Fsp3) is 0.500. The molecule has 0 aromatic heterocycles. The van der Waals surface area contributed by atoms with Gasteiger partial charge in [0, 0.05) is 12.0 Å². The Morgan fingerprint density at radius 3 is 2.35 bits per heavy atom. The summed E-state index contributed by atoms with van der Waals surface area (Å²) >= 11 is 0. The molecule has 0 fully saturated rings. The van der Waals surface area contributed by atoms with Crippen LogP contribution < -0.4 is 4.74 Å². The molecule has 0 spiro atoms. The lowest BCUT2D eigenvalue weighted by Crippen LogP contribution is -2.24. The largest absolute Gasteiger partial charge is 0.487 e. The molecule has 0 unspecified atom stereocenters. The van der Waals surface area contributed by atoms with Crippen LogP contribution in [0.3, 0.4) is 0 Å². The second-order valence-corrected chi connectivity index (χ2v) is 8.09. The van der Waals surface area contributed by atoms with E-state index in [9.17, 15) is 8.42 Å². The summed E-state index contributed by atoms with van der Waals surface area (Å²) in [6, 6.07) is 0. The minimum Gasteiger partial charge on any atom is -0.487 e. The van der Waals surface area contributed by atoms with E-state index < -0.39 is 9.84 Å². The van der Waals surface area contributed by atoms with Gasteiger partial charge in [-0.3, -0.25) is 0 Å². The Balaban J connectivity index is 2.76. The first-order valence-electron chi connectivity index (χ1n) is 6.76. The van der Waals surface area contributed by atoms with Crippen LogP contribution in [0.5, 0.6) is 5.75 Å². The molecule has 0 bridgehead atoms. The first kappa shape index (κ1) is 15.1. The Hall–Kier alpha value is -1.29. The van der Waals surface area contributed by atoms with Crippen LogP contribution in [0.15, 0.2) is 17.6 Å². The van der Waals surface area contributed by atoms with Crippen molar-refractivity contribution in [1.82, 2.24) is 0 Å². The van der Waals surface area contributed by atoms with Crippen molar-refractivity contribution in [3.63, 3.8) is 0 Å². The van der Waals surface area contributed by atoms with Gasteiger partial charge < -0.3 is 4.74 Å². The fourth-order valence-electron chi connectivity index (χ4n) is 2.95. The van der Waals surface area contributed by atoms with E-state index in [0.717, 1.165) is 34.4 Å². The summed E-state index contributed by atoms with van der Waals surface area (Å²) in [6.45, 7) is 13.3. The minimum atomic E-state index is -3.33. The highest BCUT2D eigenvalue weighted by Crippen LogP contribution is 2.43. The lowest BCUT2D eigenvalue weighted by atomic mass is 9.94. The van der Waals surface area contributed by atoms with Gasteiger partial charge in [-0.25, -0.2) is 8.42 Å². The quantitative estimate of drug-likeness (QED) is 0.803. The molecule has 1 aliphatic heterocycles. The van der Waals surface area contributed by atoms with Gasteiger partial charge in [-0.2, -0.15) is 0 Å². The normalized spacial score (nSPS) is 16.6. The van der Waals surface area contributed by atoms with Gasteiger partial charge in [0.05, 0.1) is 10.6 Å². The molecule has 1 aliphatic rings. The second-order valence-electron chi connectivity index (χ2n) is 6.12. The monoisotopic (exact) mass is 294 g/mol. The average Bonchev–Trinajstić information content (AvgIpc) is 2.62. The number of fused-ring (bicyclic) bond motifs is 1. The van der Waals surface area contributed by atoms with Crippen molar-refractivity contribution in [2.75, 3.05) is 5.75 Å². The molecule has 0 radical (unpaired) electrons. The fourth-order valence-corrected chi connectivity index (χ4v) is 4.64. The van der Waals surface area contributed by atoms with Gasteiger partial charge in [-0.15, -0.1) is 6.58 Å². The number of hydrogen-bond donors (Lipinski definition) is 0. The van der Waals surface area contributed by atoms with E-state index >= 15 is 0 Å². The molecule has 20 heavy (non-hydrogen) atoms. The zero-order valence-electron chi connectivity index (χ0n) is 12.8. The van der Waals surface area contributed by atoms with Gasteiger partial charge in [0.15, 0.2) is 9.84 Å². The number of rotatable bonds is 3. The lowest BCUT2D eigenvalue weighted by Gasteiger charge is -2.19. The van der Waals surface area contributed by atoms with E-state index in [0.29, 0.717) is 4.90 Å². The van der Waals surface area contributed by atoms with Gasteiger partial charge in [-0.05, 0) is 51.3 Å². The van der Waals surface area contributed by atoms with Crippen molar-refractivity contribution in [3.05, 3.63) is 34.9 Å². The van der Waals surface area contributed by atoms with Crippen molar-refractivity contribution in [3.8, 4) is 5.75 Å². The van der Waals surface area contributed by atoms with Crippen molar-refractivity contribution in [2.45, 2.75) is 51.5 Å². The number of ether oxygens (including phenoxy) is 1. The molecule has 0 atom stereocenters. The molecule has 0 saturated carbocycles. The Kier molecular flexibility index (Phi) is 3.49. The molecule has 1 heterocycles. The predicted molar refractivity (Wildman–Crippen MR) is 81.3 cm³/mol. The summed E-state index contributed by atoms with van der Waals surface area (Å²) in [5, 5.41) is 0. The summed E-state index contributed by atoms with van der Waals surface area (Å²) < 4.78 is 30.9. The topological polar surface area (TPSA) is 43.4 Å². The standard InChI is InChI=1S/C16H22O3S/c1-7-8-20(17,18)15-11(3)10(2)14-13(12(15)4)9-16(5,6)19-14/h7H,1,8-9H2,2-6H3. The van der Waals surface area contributed by atoms with Crippen LogP contribution in [0, 0.1) is 20.8 Å². The summed E-state index contributed by atoms with van der Waals surface area (Å²) in [5.41, 5.74) is 3.31. The van der Waals surface area contributed by atoms with Gasteiger partial charge in [0.25, 0.3) is 0 Å². The van der Waals surface area contributed by atoms with E-state index in [1.807, 2.05) is 34.6 Å². The molecule has 0 saturated heterocycles. The Morgan fingerprint density at radius 2 is 1.80 bits per heavy atom. The molecule has 110 valence electrons. The highest BCUT2D eigenvalue weighted by molar-refractivity contribution is 7.91. The number of sulfone groups is 1. The molecule has 1 aromatic rings. The van der Waals surface area contributed by atoms with Crippen molar-refractivity contribution >= 4 is 9.84 Å². The van der Waals surface area contributed by atoms with Crippen molar-refractivity contribution in [1.29, 1.82) is 0 Å². The maximum Gasteiger partial charge on any atom is 0.182 e. The minimum absolute atomic E-state index is 0.0306. The average molecular weight is 294 g/mol. The van der Waals surface area contributed by atoms with Crippen molar-refractivity contribution < 1.29 is 13.2 Å². The highest BCUT2D eigenvalue weighted by atomic mass is 32.2. The Labute approximate surface area is 121 Å². The molecule has 2 rings (SSSR count). The SMILES string of the molecule is C=CCS(=O)(=O)c1c(C)c(C)c2c(c1C)CC(C)(C)O2. The molecule has 0 amide bonds. The molecular formula is C16H22O3S.